The molecule has 0 aromatic rings. The zero-order valence-corrected chi connectivity index (χ0v) is 20.4. The maximum absolute atomic E-state index is 11.5. The van der Waals surface area contributed by atoms with E-state index in [1.54, 1.807) is 0 Å². The van der Waals surface area contributed by atoms with Crippen LogP contribution in [0.1, 0.15) is 91.4 Å². The van der Waals surface area contributed by atoms with E-state index in [2.05, 4.69) is 0 Å². The molecule has 0 radical (unpaired) electrons. The van der Waals surface area contributed by atoms with E-state index in [-0.39, 0.29) is 0 Å². The molecule has 33 heavy (non-hydrogen) atoms. The number of aliphatic hydroxyl groups is 5. The third kappa shape index (κ3) is 11.4. The van der Waals surface area contributed by atoms with Gasteiger partial charge in [0.15, 0.2) is 6.29 Å². The minimum absolute atomic E-state index is 0.458. The molecule has 0 amide bonds. The van der Waals surface area contributed by atoms with Gasteiger partial charge in [0, 0.05) is 0 Å². The van der Waals surface area contributed by atoms with Crippen LogP contribution in [0.3, 0.4) is 0 Å². The first kappa shape index (κ1) is 30.2. The molecule has 196 valence electrons. The van der Waals surface area contributed by atoms with Crippen molar-refractivity contribution in [2.24, 2.45) is 5.92 Å². The van der Waals surface area contributed by atoms with E-state index in [9.17, 15) is 35.4 Å². The molecular weight excluding hydrogens is 432 g/mol. The van der Waals surface area contributed by atoms with Crippen LogP contribution in [0.25, 0.3) is 0 Å². The number of carboxylic acids is 1. The van der Waals surface area contributed by atoms with Crippen molar-refractivity contribution in [2.45, 2.75) is 134 Å². The summed E-state index contributed by atoms with van der Waals surface area (Å²) in [5.41, 5.74) is -0.581. The molecule has 9 nitrogen and oxygen atoms in total. The Kier molecular flexibility index (Phi) is 14.0. The van der Waals surface area contributed by atoms with Gasteiger partial charge in [-0.25, -0.2) is 0 Å². The summed E-state index contributed by atoms with van der Waals surface area (Å²) in [5.74, 6) is -1.88. The van der Waals surface area contributed by atoms with E-state index in [0.29, 0.717) is 6.42 Å². The number of aliphatic carboxylic acids is 1. The van der Waals surface area contributed by atoms with E-state index in [1.165, 1.54) is 19.8 Å². The summed E-state index contributed by atoms with van der Waals surface area (Å²) < 4.78 is 11.1. The summed E-state index contributed by atoms with van der Waals surface area (Å²) in [6.07, 6.45) is 3.04. The molecule has 0 aromatic carbocycles. The van der Waals surface area contributed by atoms with Crippen molar-refractivity contribution in [1.82, 2.24) is 0 Å². The normalized spacial score (nSPS) is 27.9. The van der Waals surface area contributed by atoms with Crippen molar-refractivity contribution in [3.05, 3.63) is 0 Å². The van der Waals surface area contributed by atoms with Crippen LogP contribution in [0.2, 0.25) is 0 Å². The van der Waals surface area contributed by atoms with Crippen molar-refractivity contribution in [2.75, 3.05) is 6.61 Å². The van der Waals surface area contributed by atoms with Crippen LogP contribution in [0.5, 0.6) is 0 Å². The SMILES string of the molecule is CC(C(=O)O)C(CCCCCCCCCCCC(C)(C)O)O[C@@H]1O[C@H](CO)[C@@H](O)[C@H](O)[C@H]1O. The summed E-state index contributed by atoms with van der Waals surface area (Å²) in [6.45, 7) is 4.63. The maximum Gasteiger partial charge on any atom is 0.308 e. The number of carbonyl (C=O) groups is 1. The summed E-state index contributed by atoms with van der Waals surface area (Å²) in [6, 6.07) is 0. The van der Waals surface area contributed by atoms with Crippen molar-refractivity contribution in [1.29, 1.82) is 0 Å². The molecule has 1 fully saturated rings. The average molecular weight is 479 g/mol. The zero-order chi connectivity index (χ0) is 25.0. The molecule has 0 aromatic heterocycles. The summed E-state index contributed by atoms with van der Waals surface area (Å²) in [7, 11) is 0. The Morgan fingerprint density at radius 3 is 1.91 bits per heavy atom. The second-order valence-electron chi connectivity index (χ2n) is 10.0. The van der Waals surface area contributed by atoms with Gasteiger partial charge < -0.3 is 40.1 Å². The largest absolute Gasteiger partial charge is 0.481 e. The quantitative estimate of drug-likeness (QED) is 0.172. The van der Waals surface area contributed by atoms with E-state index >= 15 is 0 Å². The molecule has 0 spiro atoms. The molecule has 1 aliphatic rings. The molecule has 0 bridgehead atoms. The number of aliphatic hydroxyl groups excluding tert-OH is 4. The maximum atomic E-state index is 11.5. The molecule has 0 aliphatic carbocycles. The van der Waals surface area contributed by atoms with Gasteiger partial charge in [-0.05, 0) is 33.6 Å². The monoisotopic (exact) mass is 478 g/mol. The predicted octanol–water partition coefficient (Wildman–Crippen LogP) is 1.95. The fraction of sp³-hybridized carbons (Fsp3) is 0.958. The lowest BCUT2D eigenvalue weighted by Crippen LogP contribution is -2.60. The van der Waals surface area contributed by atoms with Gasteiger partial charge in [-0.3, -0.25) is 4.79 Å². The molecule has 0 saturated carbocycles. The van der Waals surface area contributed by atoms with Crippen LogP contribution in [-0.2, 0) is 14.3 Å². The zero-order valence-electron chi connectivity index (χ0n) is 20.4. The second kappa shape index (κ2) is 15.2. The lowest BCUT2D eigenvalue weighted by atomic mass is 9.96. The van der Waals surface area contributed by atoms with E-state index in [1.807, 2.05) is 13.8 Å². The van der Waals surface area contributed by atoms with Crippen LogP contribution in [0.4, 0.5) is 0 Å². The number of carboxylic acid groups (broad SMARTS) is 1. The highest BCUT2D eigenvalue weighted by Gasteiger charge is 2.45. The van der Waals surface area contributed by atoms with E-state index in [4.69, 9.17) is 9.47 Å². The van der Waals surface area contributed by atoms with Crippen LogP contribution < -0.4 is 0 Å². The average Bonchev–Trinajstić information content (AvgIpc) is 2.75. The molecule has 1 aliphatic heterocycles. The Hall–Kier alpha value is -0.810. The van der Waals surface area contributed by atoms with Gasteiger partial charge in [-0.1, -0.05) is 57.8 Å². The molecule has 1 saturated heterocycles. The molecule has 1 heterocycles. The Balaban J connectivity index is 2.34. The van der Waals surface area contributed by atoms with Crippen molar-refractivity contribution in [3.8, 4) is 0 Å². The van der Waals surface area contributed by atoms with E-state index < -0.39 is 60.9 Å². The van der Waals surface area contributed by atoms with Crippen molar-refractivity contribution in [3.63, 3.8) is 0 Å². The van der Waals surface area contributed by atoms with Crippen LogP contribution >= 0.6 is 0 Å². The molecule has 2 unspecified atom stereocenters. The number of hydrogen-bond donors (Lipinski definition) is 6. The molecule has 7 atom stereocenters. The third-order valence-electron chi connectivity index (χ3n) is 6.38. The predicted molar refractivity (Wildman–Crippen MR) is 123 cm³/mol. The Bertz CT molecular complexity index is 535. The van der Waals surface area contributed by atoms with Gasteiger partial charge in [0.25, 0.3) is 0 Å². The van der Waals surface area contributed by atoms with Gasteiger partial charge in [0.1, 0.15) is 24.4 Å². The van der Waals surface area contributed by atoms with Gasteiger partial charge >= 0.3 is 5.97 Å². The lowest BCUT2D eigenvalue weighted by Gasteiger charge is -2.41. The van der Waals surface area contributed by atoms with Gasteiger partial charge in [-0.2, -0.15) is 0 Å². The smallest absolute Gasteiger partial charge is 0.308 e. The summed E-state index contributed by atoms with van der Waals surface area (Å²) in [4.78, 5) is 11.5. The lowest BCUT2D eigenvalue weighted by molar-refractivity contribution is -0.314. The fourth-order valence-electron chi connectivity index (χ4n) is 4.09. The van der Waals surface area contributed by atoms with Crippen LogP contribution in [-0.4, -0.2) is 85.6 Å². The molecular formula is C24H46O9. The third-order valence-corrected chi connectivity index (χ3v) is 6.38. The van der Waals surface area contributed by atoms with Crippen molar-refractivity contribution >= 4 is 5.97 Å². The highest BCUT2D eigenvalue weighted by molar-refractivity contribution is 5.70. The topological polar surface area (TPSA) is 157 Å². The molecule has 6 N–H and O–H groups in total. The fourth-order valence-corrected chi connectivity index (χ4v) is 4.09. The first-order chi connectivity index (χ1) is 15.5. The first-order valence-corrected chi connectivity index (χ1v) is 12.4. The van der Waals surface area contributed by atoms with Crippen molar-refractivity contribution < 1.29 is 44.9 Å². The number of unbranched alkanes of at least 4 members (excludes halogenated alkanes) is 8. The minimum atomic E-state index is -1.56. The first-order valence-electron chi connectivity index (χ1n) is 12.4. The Morgan fingerprint density at radius 2 is 1.42 bits per heavy atom. The van der Waals surface area contributed by atoms with Gasteiger partial charge in [-0.15, -0.1) is 0 Å². The Labute approximate surface area is 197 Å². The number of rotatable bonds is 17. The standard InChI is InChI=1S/C24H46O9/c1-16(22(29)30)17(32-23-21(28)20(27)19(26)18(15-25)33-23)13-11-9-7-5-4-6-8-10-12-14-24(2,3)31/h16-21,23,25-28,31H,4-15H2,1-3H3,(H,29,30)/t16?,17?,18-,19-,20+,21-,23-/m1/s1. The summed E-state index contributed by atoms with van der Waals surface area (Å²) in [5, 5.41) is 58.4. The molecule has 1 rings (SSSR count). The minimum Gasteiger partial charge on any atom is -0.481 e. The Morgan fingerprint density at radius 1 is 0.909 bits per heavy atom. The number of ether oxygens (including phenoxy) is 2. The van der Waals surface area contributed by atoms with Crippen LogP contribution in [0, 0.1) is 5.92 Å². The van der Waals surface area contributed by atoms with E-state index in [0.717, 1.165) is 51.4 Å². The highest BCUT2D eigenvalue weighted by Crippen LogP contribution is 2.26. The highest BCUT2D eigenvalue weighted by atomic mass is 16.7. The molecule has 9 heteroatoms. The van der Waals surface area contributed by atoms with Gasteiger partial charge in [0.05, 0.1) is 24.2 Å². The van der Waals surface area contributed by atoms with Crippen LogP contribution in [0.15, 0.2) is 0 Å². The number of hydrogen-bond acceptors (Lipinski definition) is 8. The second-order valence-corrected chi connectivity index (χ2v) is 10.0. The van der Waals surface area contributed by atoms with Gasteiger partial charge in [0.2, 0.25) is 0 Å². The summed E-state index contributed by atoms with van der Waals surface area (Å²) >= 11 is 0.